The molecule has 0 aromatic rings. The topological polar surface area (TPSA) is 63.6 Å². The van der Waals surface area contributed by atoms with Crippen LogP contribution in [0.5, 0.6) is 0 Å². The number of hydrogen-bond donors (Lipinski definition) is 1. The summed E-state index contributed by atoms with van der Waals surface area (Å²) in [6.07, 6.45) is 2.57. The van der Waals surface area contributed by atoms with E-state index in [0.717, 1.165) is 12.8 Å². The second kappa shape index (κ2) is 6.90. The van der Waals surface area contributed by atoms with Crippen LogP contribution in [0, 0.1) is 0 Å². The van der Waals surface area contributed by atoms with E-state index in [1.165, 1.54) is 0 Å². The van der Waals surface area contributed by atoms with Crippen LogP contribution in [0.15, 0.2) is 0 Å². The van der Waals surface area contributed by atoms with Crippen LogP contribution in [0.4, 0.5) is 0 Å². The van der Waals surface area contributed by atoms with Gasteiger partial charge in [-0.2, -0.15) is 21.9 Å². The molecule has 0 heterocycles. The molecular formula is C5H14O4S2. The van der Waals surface area contributed by atoms with Gasteiger partial charge < -0.3 is 0 Å². The highest BCUT2D eigenvalue weighted by molar-refractivity contribution is 7.80. The summed E-state index contributed by atoms with van der Waals surface area (Å²) in [6.45, 7) is 2.07. The van der Waals surface area contributed by atoms with Gasteiger partial charge >= 0.3 is 10.4 Å². The summed E-state index contributed by atoms with van der Waals surface area (Å²) in [6, 6.07) is 0. The molecule has 70 valence electrons. The van der Waals surface area contributed by atoms with Crippen molar-refractivity contribution in [1.82, 2.24) is 0 Å². The fourth-order valence-electron chi connectivity index (χ4n) is 0.516. The fourth-order valence-corrected chi connectivity index (χ4v) is 0.845. The van der Waals surface area contributed by atoms with Gasteiger partial charge in [0.05, 0.1) is 6.61 Å². The van der Waals surface area contributed by atoms with E-state index < -0.39 is 10.4 Å². The largest absolute Gasteiger partial charge is 0.397 e. The third kappa shape index (κ3) is 13.2. The predicted molar refractivity (Wildman–Crippen MR) is 47.4 cm³/mol. The van der Waals surface area contributed by atoms with E-state index in [1.807, 2.05) is 6.92 Å². The molecule has 0 aliphatic rings. The van der Waals surface area contributed by atoms with Crippen LogP contribution in [-0.4, -0.2) is 19.6 Å². The maximum absolute atomic E-state index is 9.93. The summed E-state index contributed by atoms with van der Waals surface area (Å²) in [4.78, 5) is 0. The molecule has 0 saturated heterocycles. The van der Waals surface area contributed by atoms with Crippen molar-refractivity contribution in [1.29, 1.82) is 0 Å². The Hall–Kier alpha value is 0.220. The van der Waals surface area contributed by atoms with Crippen molar-refractivity contribution in [3.63, 3.8) is 0 Å². The van der Waals surface area contributed by atoms with Crippen LogP contribution >= 0.6 is 13.5 Å². The highest BCUT2D eigenvalue weighted by atomic mass is 32.3. The molecule has 0 aliphatic heterocycles. The van der Waals surface area contributed by atoms with Crippen molar-refractivity contribution >= 4 is 23.9 Å². The molecule has 0 saturated carbocycles. The summed E-state index contributed by atoms with van der Waals surface area (Å²) < 4.78 is 32.0. The standard InChI is InChI=1S/C5H12O4S.H2S/c1-2-3-4-5-9-10(6,7)8;/h2-5H2,1H3,(H,6,7,8);1H2. The van der Waals surface area contributed by atoms with E-state index in [4.69, 9.17) is 4.55 Å². The minimum atomic E-state index is -4.20. The van der Waals surface area contributed by atoms with Gasteiger partial charge in [-0.15, -0.1) is 0 Å². The minimum absolute atomic E-state index is 0. The Labute approximate surface area is 74.3 Å². The summed E-state index contributed by atoms with van der Waals surface area (Å²) in [5, 5.41) is 0. The van der Waals surface area contributed by atoms with Crippen molar-refractivity contribution in [3.8, 4) is 0 Å². The second-order valence-corrected chi connectivity index (χ2v) is 3.05. The van der Waals surface area contributed by atoms with Crippen molar-refractivity contribution < 1.29 is 17.2 Å². The maximum Gasteiger partial charge on any atom is 0.397 e. The highest BCUT2D eigenvalue weighted by Gasteiger charge is 2.01. The Balaban J connectivity index is 0. The van der Waals surface area contributed by atoms with Crippen LogP contribution < -0.4 is 0 Å². The molecule has 0 bridgehead atoms. The number of hydrogen-bond acceptors (Lipinski definition) is 3. The monoisotopic (exact) mass is 202 g/mol. The SMILES string of the molecule is CCCCCOS(=O)(=O)O.S. The third-order valence-corrected chi connectivity index (χ3v) is 1.44. The first-order chi connectivity index (χ1) is 4.56. The molecule has 11 heavy (non-hydrogen) atoms. The Morgan fingerprint density at radius 1 is 1.36 bits per heavy atom. The van der Waals surface area contributed by atoms with Gasteiger partial charge in [0.25, 0.3) is 0 Å². The lowest BCUT2D eigenvalue weighted by Crippen LogP contribution is -2.04. The molecule has 0 aromatic heterocycles. The first-order valence-corrected chi connectivity index (χ1v) is 4.54. The molecule has 0 aromatic carbocycles. The lowest BCUT2D eigenvalue weighted by molar-refractivity contribution is 0.262. The zero-order valence-electron chi connectivity index (χ0n) is 6.41. The molecular weight excluding hydrogens is 188 g/mol. The van der Waals surface area contributed by atoms with Gasteiger partial charge in [0.2, 0.25) is 0 Å². The van der Waals surface area contributed by atoms with E-state index in [1.54, 1.807) is 0 Å². The number of unbranched alkanes of at least 4 members (excludes halogenated alkanes) is 2. The first kappa shape index (κ1) is 13.8. The average Bonchev–Trinajstić information content (AvgIpc) is 1.78. The van der Waals surface area contributed by atoms with Gasteiger partial charge in [-0.05, 0) is 6.42 Å². The molecule has 4 nitrogen and oxygen atoms in total. The Bertz CT molecular complexity index is 163. The summed E-state index contributed by atoms with van der Waals surface area (Å²) in [5.41, 5.74) is 0. The molecule has 0 radical (unpaired) electrons. The molecule has 6 heteroatoms. The van der Waals surface area contributed by atoms with Crippen molar-refractivity contribution in [2.45, 2.75) is 26.2 Å². The minimum Gasteiger partial charge on any atom is -0.264 e. The van der Waals surface area contributed by atoms with Gasteiger partial charge in [-0.3, -0.25) is 4.55 Å². The zero-order valence-corrected chi connectivity index (χ0v) is 8.23. The smallest absolute Gasteiger partial charge is 0.264 e. The molecule has 0 spiro atoms. The van der Waals surface area contributed by atoms with Gasteiger partial charge in [0, 0.05) is 0 Å². The molecule has 1 N–H and O–H groups in total. The van der Waals surface area contributed by atoms with Crippen LogP contribution in [-0.2, 0) is 14.6 Å². The second-order valence-electron chi connectivity index (χ2n) is 1.96. The van der Waals surface area contributed by atoms with Crippen LogP contribution in [0.25, 0.3) is 0 Å². The Morgan fingerprint density at radius 3 is 2.27 bits per heavy atom. The lowest BCUT2D eigenvalue weighted by atomic mass is 10.3. The lowest BCUT2D eigenvalue weighted by Gasteiger charge is -1.96. The zero-order chi connectivity index (χ0) is 8.04. The molecule has 0 atom stereocenters. The van der Waals surface area contributed by atoms with Crippen molar-refractivity contribution in [2.24, 2.45) is 0 Å². The first-order valence-electron chi connectivity index (χ1n) is 3.18. The number of rotatable bonds is 5. The Kier molecular flexibility index (Phi) is 8.65. The third-order valence-electron chi connectivity index (χ3n) is 0.980. The predicted octanol–water partition coefficient (Wildman–Crippen LogP) is 1.11. The molecule has 0 unspecified atom stereocenters. The summed E-state index contributed by atoms with van der Waals surface area (Å²) in [7, 11) is -4.20. The van der Waals surface area contributed by atoms with E-state index >= 15 is 0 Å². The van der Waals surface area contributed by atoms with E-state index in [-0.39, 0.29) is 20.1 Å². The van der Waals surface area contributed by atoms with Crippen LogP contribution in [0.1, 0.15) is 26.2 Å². The summed E-state index contributed by atoms with van der Waals surface area (Å²) >= 11 is 0. The van der Waals surface area contributed by atoms with Crippen molar-refractivity contribution in [3.05, 3.63) is 0 Å². The van der Waals surface area contributed by atoms with Gasteiger partial charge in [-0.25, -0.2) is 4.18 Å². The normalized spacial score (nSPS) is 10.7. The molecule has 0 rings (SSSR count). The fraction of sp³-hybridized carbons (Fsp3) is 1.00. The molecule has 0 aliphatic carbocycles. The highest BCUT2D eigenvalue weighted by Crippen LogP contribution is 1.96. The Morgan fingerprint density at radius 2 is 1.91 bits per heavy atom. The average molecular weight is 202 g/mol. The molecule has 0 fully saturated rings. The maximum atomic E-state index is 9.93. The van der Waals surface area contributed by atoms with Gasteiger partial charge in [-0.1, -0.05) is 19.8 Å². The van der Waals surface area contributed by atoms with Gasteiger partial charge in [0.1, 0.15) is 0 Å². The quantitative estimate of drug-likeness (QED) is 0.536. The summed E-state index contributed by atoms with van der Waals surface area (Å²) in [5.74, 6) is 0. The van der Waals surface area contributed by atoms with E-state index in [9.17, 15) is 8.42 Å². The van der Waals surface area contributed by atoms with Crippen LogP contribution in [0.3, 0.4) is 0 Å². The molecule has 0 amide bonds. The van der Waals surface area contributed by atoms with Crippen molar-refractivity contribution in [2.75, 3.05) is 6.61 Å². The van der Waals surface area contributed by atoms with E-state index in [2.05, 4.69) is 4.18 Å². The van der Waals surface area contributed by atoms with Crippen LogP contribution in [0.2, 0.25) is 0 Å². The van der Waals surface area contributed by atoms with E-state index in [0.29, 0.717) is 6.42 Å². The van der Waals surface area contributed by atoms with Gasteiger partial charge in [0.15, 0.2) is 0 Å².